The summed E-state index contributed by atoms with van der Waals surface area (Å²) < 4.78 is 29.9. The van der Waals surface area contributed by atoms with Crippen LogP contribution in [0.2, 0.25) is 0 Å². The number of alkyl carbamates (subject to hydrolysis) is 1. The Morgan fingerprint density at radius 1 is 1.13 bits per heavy atom. The summed E-state index contributed by atoms with van der Waals surface area (Å²) in [4.78, 5) is 25.1. The molecule has 162 valence electrons. The molecule has 2 atom stereocenters. The lowest BCUT2D eigenvalue weighted by atomic mass is 10.0. The van der Waals surface area contributed by atoms with Crippen molar-refractivity contribution in [2.24, 2.45) is 0 Å². The second-order valence-corrected chi connectivity index (χ2v) is 7.51. The first-order valence-corrected chi connectivity index (χ1v) is 9.53. The van der Waals surface area contributed by atoms with Crippen molar-refractivity contribution >= 4 is 17.7 Å². The fourth-order valence-electron chi connectivity index (χ4n) is 2.66. The molecule has 3 N–H and O–H groups in total. The lowest BCUT2D eigenvalue weighted by molar-refractivity contribution is -0.148. The van der Waals surface area contributed by atoms with Gasteiger partial charge in [0.1, 0.15) is 17.2 Å². The predicted molar refractivity (Wildman–Crippen MR) is 110 cm³/mol. The molecule has 1 amide bonds. The Bertz CT molecular complexity index is 868. The Labute approximate surface area is 175 Å². The zero-order valence-corrected chi connectivity index (χ0v) is 17.5. The van der Waals surface area contributed by atoms with E-state index in [0.29, 0.717) is 5.56 Å². The Morgan fingerprint density at radius 3 is 2.37 bits per heavy atom. The van der Waals surface area contributed by atoms with E-state index in [1.54, 1.807) is 58.0 Å². The molecule has 2 aromatic rings. The summed E-state index contributed by atoms with van der Waals surface area (Å²) in [6.07, 6.45) is -1.82. The van der Waals surface area contributed by atoms with Crippen LogP contribution in [0.1, 0.15) is 39.4 Å². The molecule has 0 radical (unpaired) electrons. The molecule has 0 fully saturated rings. The standard InChI is InChI=1S/C22H27FN2O5/c1-5-28-20(26)18(25-21(27)30-22(2,3)4)19(14-9-7-6-8-10-14)29-17-12-11-15(23)13-16(17)24/h6-13,18-19H,5,24H2,1-4H3,(H,25,27)/t18-,19+/m0/s1. The number of nitrogens with two attached hydrogens (primary N) is 1. The van der Waals surface area contributed by atoms with Crippen molar-refractivity contribution in [1.29, 1.82) is 0 Å². The highest BCUT2D eigenvalue weighted by atomic mass is 19.1. The molecular formula is C22H27FN2O5. The lowest BCUT2D eigenvalue weighted by Gasteiger charge is -2.29. The zero-order valence-electron chi connectivity index (χ0n) is 17.5. The third-order valence-electron chi connectivity index (χ3n) is 3.87. The van der Waals surface area contributed by atoms with Crippen molar-refractivity contribution in [1.82, 2.24) is 5.32 Å². The third kappa shape index (κ3) is 6.65. The molecule has 0 aliphatic rings. The molecule has 0 aromatic heterocycles. The van der Waals surface area contributed by atoms with Crippen molar-refractivity contribution in [2.45, 2.75) is 45.4 Å². The van der Waals surface area contributed by atoms with Crippen molar-refractivity contribution in [3.05, 3.63) is 59.9 Å². The van der Waals surface area contributed by atoms with Crippen LogP contribution in [0.15, 0.2) is 48.5 Å². The molecule has 2 aromatic carbocycles. The summed E-state index contributed by atoms with van der Waals surface area (Å²) in [5, 5.41) is 2.53. The van der Waals surface area contributed by atoms with Gasteiger partial charge in [0.2, 0.25) is 0 Å². The molecule has 0 aliphatic heterocycles. The highest BCUT2D eigenvalue weighted by Crippen LogP contribution is 2.30. The molecule has 0 aliphatic carbocycles. The number of hydrogen-bond donors (Lipinski definition) is 2. The van der Waals surface area contributed by atoms with Gasteiger partial charge in [-0.1, -0.05) is 30.3 Å². The molecule has 0 saturated carbocycles. The number of nitrogen functional groups attached to an aromatic ring is 1. The van der Waals surface area contributed by atoms with Gasteiger partial charge in [0, 0.05) is 6.07 Å². The quantitative estimate of drug-likeness (QED) is 0.521. The van der Waals surface area contributed by atoms with Crippen LogP contribution in [0, 0.1) is 5.82 Å². The van der Waals surface area contributed by atoms with E-state index >= 15 is 0 Å². The van der Waals surface area contributed by atoms with Crippen LogP contribution in [-0.4, -0.2) is 30.3 Å². The van der Waals surface area contributed by atoms with Crippen LogP contribution in [0.4, 0.5) is 14.9 Å². The van der Waals surface area contributed by atoms with Gasteiger partial charge in [-0.3, -0.25) is 0 Å². The van der Waals surface area contributed by atoms with Gasteiger partial charge in [-0.25, -0.2) is 14.0 Å². The normalized spacial score (nSPS) is 13.1. The van der Waals surface area contributed by atoms with E-state index < -0.39 is 35.6 Å². The van der Waals surface area contributed by atoms with Gasteiger partial charge in [-0.2, -0.15) is 0 Å². The van der Waals surface area contributed by atoms with E-state index in [1.807, 2.05) is 0 Å². The lowest BCUT2D eigenvalue weighted by Crippen LogP contribution is -2.49. The van der Waals surface area contributed by atoms with Gasteiger partial charge in [0.15, 0.2) is 12.1 Å². The maximum atomic E-state index is 13.4. The number of nitrogens with one attached hydrogen (secondary N) is 1. The Hall–Kier alpha value is -3.29. The maximum Gasteiger partial charge on any atom is 0.408 e. The van der Waals surface area contributed by atoms with Crippen LogP contribution in [0.25, 0.3) is 0 Å². The largest absolute Gasteiger partial charge is 0.481 e. The highest BCUT2D eigenvalue weighted by molar-refractivity contribution is 5.82. The van der Waals surface area contributed by atoms with Crippen LogP contribution >= 0.6 is 0 Å². The first-order valence-electron chi connectivity index (χ1n) is 9.53. The summed E-state index contributed by atoms with van der Waals surface area (Å²) in [6, 6.07) is 11.2. The molecule has 8 heteroatoms. The van der Waals surface area contributed by atoms with Crippen LogP contribution in [-0.2, 0) is 14.3 Å². The summed E-state index contributed by atoms with van der Waals surface area (Å²) in [6.45, 7) is 6.87. The second kappa shape index (κ2) is 9.96. The topological polar surface area (TPSA) is 99.9 Å². The average Bonchev–Trinajstić information content (AvgIpc) is 2.65. The fourth-order valence-corrected chi connectivity index (χ4v) is 2.66. The van der Waals surface area contributed by atoms with Gasteiger partial charge in [-0.15, -0.1) is 0 Å². The summed E-state index contributed by atoms with van der Waals surface area (Å²) in [5.74, 6) is -1.08. The summed E-state index contributed by atoms with van der Waals surface area (Å²) in [5.41, 5.74) is 5.73. The minimum atomic E-state index is -1.24. The minimum Gasteiger partial charge on any atom is -0.481 e. The van der Waals surface area contributed by atoms with E-state index in [1.165, 1.54) is 12.1 Å². The van der Waals surface area contributed by atoms with Gasteiger partial charge in [0.25, 0.3) is 0 Å². The van der Waals surface area contributed by atoms with Crippen LogP contribution in [0.5, 0.6) is 5.75 Å². The summed E-state index contributed by atoms with van der Waals surface area (Å²) in [7, 11) is 0. The molecule has 7 nitrogen and oxygen atoms in total. The van der Waals surface area contributed by atoms with Gasteiger partial charge in [0.05, 0.1) is 12.3 Å². The first-order chi connectivity index (χ1) is 14.1. The van der Waals surface area contributed by atoms with E-state index in [-0.39, 0.29) is 18.0 Å². The van der Waals surface area contributed by atoms with Gasteiger partial charge < -0.3 is 25.3 Å². The van der Waals surface area contributed by atoms with Gasteiger partial charge >= 0.3 is 12.1 Å². The number of carbonyl (C=O) groups excluding carboxylic acids is 2. The van der Waals surface area contributed by atoms with Crippen molar-refractivity contribution in [2.75, 3.05) is 12.3 Å². The Kier molecular flexibility index (Phi) is 7.63. The maximum absolute atomic E-state index is 13.4. The van der Waals surface area contributed by atoms with E-state index in [0.717, 1.165) is 6.07 Å². The smallest absolute Gasteiger partial charge is 0.408 e. The van der Waals surface area contributed by atoms with Crippen LogP contribution in [0.3, 0.4) is 0 Å². The highest BCUT2D eigenvalue weighted by Gasteiger charge is 2.36. The second-order valence-electron chi connectivity index (χ2n) is 7.51. The summed E-state index contributed by atoms with van der Waals surface area (Å²) >= 11 is 0. The molecule has 30 heavy (non-hydrogen) atoms. The molecular weight excluding hydrogens is 391 g/mol. The van der Waals surface area contributed by atoms with Gasteiger partial charge in [-0.05, 0) is 45.4 Å². The van der Waals surface area contributed by atoms with Crippen molar-refractivity contribution in [3.8, 4) is 5.75 Å². The third-order valence-corrected chi connectivity index (χ3v) is 3.87. The van der Waals surface area contributed by atoms with Crippen LogP contribution < -0.4 is 15.8 Å². The number of carbonyl (C=O) groups is 2. The number of ether oxygens (including phenoxy) is 3. The monoisotopic (exact) mass is 418 g/mol. The number of rotatable bonds is 7. The molecule has 0 bridgehead atoms. The Balaban J connectivity index is 2.43. The van der Waals surface area contributed by atoms with E-state index in [2.05, 4.69) is 5.32 Å². The first kappa shape index (κ1) is 23.0. The van der Waals surface area contributed by atoms with Crippen molar-refractivity contribution in [3.63, 3.8) is 0 Å². The molecule has 2 rings (SSSR count). The number of anilines is 1. The number of amides is 1. The Morgan fingerprint density at radius 2 is 1.80 bits per heavy atom. The number of esters is 1. The number of hydrogen-bond acceptors (Lipinski definition) is 6. The van der Waals surface area contributed by atoms with E-state index in [4.69, 9.17) is 19.9 Å². The minimum absolute atomic E-state index is 0.0517. The SMILES string of the molecule is CCOC(=O)[C@@H](NC(=O)OC(C)(C)C)[C@H](Oc1ccc(F)cc1N)c1ccccc1. The fraction of sp³-hybridized carbons (Fsp3) is 0.364. The van der Waals surface area contributed by atoms with E-state index in [9.17, 15) is 14.0 Å². The molecule has 0 spiro atoms. The zero-order chi connectivity index (χ0) is 22.3. The number of benzene rings is 2. The average molecular weight is 418 g/mol. The number of halogens is 1. The van der Waals surface area contributed by atoms with Crippen molar-refractivity contribution < 1.29 is 28.2 Å². The molecule has 0 saturated heterocycles. The predicted octanol–water partition coefficient (Wildman–Crippen LogP) is 3.98. The molecule has 0 heterocycles. The molecule has 0 unspecified atom stereocenters.